The van der Waals surface area contributed by atoms with Gasteiger partial charge in [0.05, 0.1) is 19.1 Å². The van der Waals surface area contributed by atoms with E-state index in [4.69, 9.17) is 0 Å². The summed E-state index contributed by atoms with van der Waals surface area (Å²) >= 11 is 0. The van der Waals surface area contributed by atoms with Crippen molar-refractivity contribution in [3.05, 3.63) is 70.8 Å². The van der Waals surface area contributed by atoms with Crippen molar-refractivity contribution in [3.8, 4) is 0 Å². The lowest BCUT2D eigenvalue weighted by atomic mass is 9.97. The zero-order valence-electron chi connectivity index (χ0n) is 23.0. The van der Waals surface area contributed by atoms with Gasteiger partial charge in [0.15, 0.2) is 0 Å². The zero-order valence-corrected chi connectivity index (χ0v) is 23.0. The van der Waals surface area contributed by atoms with E-state index in [-0.39, 0.29) is 28.7 Å². The molecule has 0 fully saturated rings. The highest BCUT2D eigenvalue weighted by molar-refractivity contribution is 6.00. The normalized spacial score (nSPS) is 12.5. The van der Waals surface area contributed by atoms with Crippen LogP contribution in [0.4, 0.5) is 8.78 Å². The van der Waals surface area contributed by atoms with Crippen LogP contribution in [0.15, 0.2) is 42.5 Å². The van der Waals surface area contributed by atoms with Crippen LogP contribution in [-0.2, 0) is 25.7 Å². The van der Waals surface area contributed by atoms with E-state index in [2.05, 4.69) is 26.0 Å². The van der Waals surface area contributed by atoms with Crippen molar-refractivity contribution in [2.45, 2.75) is 52.7 Å². The Kier molecular flexibility index (Phi) is 11.3. The van der Waals surface area contributed by atoms with Gasteiger partial charge < -0.3 is 26.0 Å². The molecule has 12 heteroatoms. The largest absolute Gasteiger partial charge is 0.465 e. The Balaban J connectivity index is 2.10. The molecule has 2 rings (SSSR count). The second-order valence-electron chi connectivity index (χ2n) is 10.3. The van der Waals surface area contributed by atoms with Gasteiger partial charge in [-0.25, -0.2) is 13.6 Å². The van der Waals surface area contributed by atoms with Crippen LogP contribution < -0.4 is 21.3 Å². The van der Waals surface area contributed by atoms with E-state index in [0.29, 0.717) is 12.6 Å². The third-order valence-electron chi connectivity index (χ3n) is 5.62. The predicted octanol–water partition coefficient (Wildman–Crippen LogP) is 2.22. The first-order chi connectivity index (χ1) is 18.7. The molecule has 4 amide bonds. The monoisotopic (exact) mass is 560 g/mol. The van der Waals surface area contributed by atoms with Crippen LogP contribution in [0.2, 0.25) is 0 Å². The summed E-state index contributed by atoms with van der Waals surface area (Å²) in [5.74, 6) is -4.84. The number of amides is 4. The van der Waals surface area contributed by atoms with Gasteiger partial charge in [-0.3, -0.25) is 19.2 Å². The molecule has 0 aliphatic rings. The van der Waals surface area contributed by atoms with Gasteiger partial charge in [-0.05, 0) is 42.7 Å². The molecule has 2 atom stereocenters. The van der Waals surface area contributed by atoms with Gasteiger partial charge in [0.2, 0.25) is 17.7 Å². The molecule has 0 aromatic heterocycles. The van der Waals surface area contributed by atoms with Gasteiger partial charge in [-0.15, -0.1) is 0 Å². The quantitative estimate of drug-likeness (QED) is 0.311. The van der Waals surface area contributed by atoms with Crippen LogP contribution in [-0.4, -0.2) is 55.3 Å². The summed E-state index contributed by atoms with van der Waals surface area (Å²) in [5, 5.41) is 10.1. The van der Waals surface area contributed by atoms with Crippen molar-refractivity contribution in [1.29, 1.82) is 0 Å². The van der Waals surface area contributed by atoms with E-state index in [9.17, 15) is 32.8 Å². The van der Waals surface area contributed by atoms with Gasteiger partial charge in [0.25, 0.3) is 5.91 Å². The molecule has 2 aromatic carbocycles. The smallest absolute Gasteiger partial charge is 0.337 e. The molecule has 0 bridgehead atoms. The SMILES string of the molecule is COC(=O)c1ccc(C(=O)N[C@@H](CC(=O)NCC(C)(C)C)C(=O)N[C@@H](C)C(=O)NCc2ccc(F)cc2F)cc1. The molecule has 0 aliphatic carbocycles. The predicted molar refractivity (Wildman–Crippen MR) is 142 cm³/mol. The van der Waals surface area contributed by atoms with Gasteiger partial charge in [0, 0.05) is 30.3 Å². The van der Waals surface area contributed by atoms with Crippen LogP contribution in [0.3, 0.4) is 0 Å². The van der Waals surface area contributed by atoms with Crippen molar-refractivity contribution in [1.82, 2.24) is 21.3 Å². The van der Waals surface area contributed by atoms with Crippen LogP contribution in [0.5, 0.6) is 0 Å². The molecule has 0 spiro atoms. The fraction of sp³-hybridized carbons (Fsp3) is 0.393. The Morgan fingerprint density at radius 1 is 0.875 bits per heavy atom. The van der Waals surface area contributed by atoms with E-state index in [1.165, 1.54) is 44.4 Å². The molecule has 40 heavy (non-hydrogen) atoms. The lowest BCUT2D eigenvalue weighted by molar-refractivity contribution is -0.131. The number of carbonyl (C=O) groups excluding carboxylic acids is 5. The topological polar surface area (TPSA) is 143 Å². The first kappa shape index (κ1) is 31.9. The Bertz CT molecular complexity index is 1240. The van der Waals surface area contributed by atoms with E-state index >= 15 is 0 Å². The number of ether oxygens (including phenoxy) is 1. The average Bonchev–Trinajstić information content (AvgIpc) is 2.89. The Hall–Kier alpha value is -4.35. The molecule has 216 valence electrons. The lowest BCUT2D eigenvalue weighted by Crippen LogP contribution is -2.54. The molecule has 2 aromatic rings. The average molecular weight is 561 g/mol. The van der Waals surface area contributed by atoms with Crippen molar-refractivity contribution in [2.24, 2.45) is 5.41 Å². The molecule has 0 unspecified atom stereocenters. The van der Waals surface area contributed by atoms with Gasteiger partial charge in [0.1, 0.15) is 23.7 Å². The van der Waals surface area contributed by atoms with Crippen molar-refractivity contribution >= 4 is 29.6 Å². The second-order valence-corrected chi connectivity index (χ2v) is 10.3. The maximum absolute atomic E-state index is 13.9. The van der Waals surface area contributed by atoms with E-state index < -0.39 is 59.7 Å². The minimum absolute atomic E-state index is 0.0483. The summed E-state index contributed by atoms with van der Waals surface area (Å²) in [6, 6.07) is 5.94. The summed E-state index contributed by atoms with van der Waals surface area (Å²) < 4.78 is 31.6. The summed E-state index contributed by atoms with van der Waals surface area (Å²) in [4.78, 5) is 62.7. The maximum Gasteiger partial charge on any atom is 0.337 e. The summed E-state index contributed by atoms with van der Waals surface area (Å²) in [5.41, 5.74) is 0.157. The number of halogens is 2. The number of rotatable bonds is 11. The molecule has 0 radical (unpaired) electrons. The minimum atomic E-state index is -1.35. The molecule has 0 aliphatic heterocycles. The van der Waals surface area contributed by atoms with Crippen molar-refractivity contribution in [3.63, 3.8) is 0 Å². The molecule has 0 heterocycles. The summed E-state index contributed by atoms with van der Waals surface area (Å²) in [6.07, 6.45) is -0.414. The Morgan fingerprint density at radius 3 is 2.08 bits per heavy atom. The molecule has 0 saturated heterocycles. The van der Waals surface area contributed by atoms with Crippen LogP contribution in [0.1, 0.15) is 60.4 Å². The number of hydrogen-bond donors (Lipinski definition) is 4. The highest BCUT2D eigenvalue weighted by Crippen LogP contribution is 2.12. The lowest BCUT2D eigenvalue weighted by Gasteiger charge is -2.23. The standard InChI is InChI=1S/C28H34F2N4O6/c1-16(24(36)31-14-19-10-11-20(29)12-21(19)30)33-26(38)22(13-23(35)32-15-28(2,3)4)34-25(37)17-6-8-18(9-7-17)27(39)40-5/h6-12,16,22H,13-15H2,1-5H3,(H,31,36)(H,32,35)(H,33,38)(H,34,37)/t16-,22-/m0/s1. The number of benzene rings is 2. The Labute approximate surface area is 231 Å². The first-order valence-electron chi connectivity index (χ1n) is 12.5. The Morgan fingerprint density at radius 2 is 1.50 bits per heavy atom. The van der Waals surface area contributed by atoms with Crippen LogP contribution in [0.25, 0.3) is 0 Å². The van der Waals surface area contributed by atoms with Gasteiger partial charge >= 0.3 is 5.97 Å². The fourth-order valence-electron chi connectivity index (χ4n) is 3.33. The maximum atomic E-state index is 13.9. The number of methoxy groups -OCH3 is 1. The third-order valence-corrected chi connectivity index (χ3v) is 5.62. The zero-order chi connectivity index (χ0) is 30.0. The number of carbonyl (C=O) groups is 5. The van der Waals surface area contributed by atoms with E-state index in [0.717, 1.165) is 6.07 Å². The molecular formula is C28H34F2N4O6. The summed E-state index contributed by atoms with van der Waals surface area (Å²) in [7, 11) is 1.22. The molecule has 10 nitrogen and oxygen atoms in total. The number of nitrogens with one attached hydrogen (secondary N) is 4. The molecular weight excluding hydrogens is 526 g/mol. The van der Waals surface area contributed by atoms with Crippen molar-refractivity contribution < 1.29 is 37.5 Å². The van der Waals surface area contributed by atoms with E-state index in [1.807, 2.05) is 20.8 Å². The minimum Gasteiger partial charge on any atom is -0.465 e. The van der Waals surface area contributed by atoms with Crippen LogP contribution in [0, 0.1) is 17.0 Å². The molecule has 0 saturated carbocycles. The number of hydrogen-bond acceptors (Lipinski definition) is 6. The van der Waals surface area contributed by atoms with Crippen LogP contribution >= 0.6 is 0 Å². The van der Waals surface area contributed by atoms with Gasteiger partial charge in [-0.1, -0.05) is 26.8 Å². The summed E-state index contributed by atoms with van der Waals surface area (Å²) in [6.45, 7) is 7.18. The highest BCUT2D eigenvalue weighted by Gasteiger charge is 2.28. The first-order valence-corrected chi connectivity index (χ1v) is 12.5. The van der Waals surface area contributed by atoms with Gasteiger partial charge in [-0.2, -0.15) is 0 Å². The highest BCUT2D eigenvalue weighted by atomic mass is 19.1. The second kappa shape index (κ2) is 14.2. The molecule has 4 N–H and O–H groups in total. The number of esters is 1. The third kappa shape index (κ3) is 10.1. The van der Waals surface area contributed by atoms with E-state index in [1.54, 1.807) is 0 Å². The fourth-order valence-corrected chi connectivity index (χ4v) is 3.33. The van der Waals surface area contributed by atoms with Crippen molar-refractivity contribution in [2.75, 3.05) is 13.7 Å².